The van der Waals surface area contributed by atoms with Gasteiger partial charge in [-0.05, 0) is 31.9 Å². The largest absolute Gasteiger partial charge is 0.369 e. The van der Waals surface area contributed by atoms with E-state index in [0.717, 1.165) is 0 Å². The highest BCUT2D eigenvalue weighted by atomic mass is 15.2. The van der Waals surface area contributed by atoms with Crippen molar-refractivity contribution in [3.05, 3.63) is 30.3 Å². The van der Waals surface area contributed by atoms with Crippen LogP contribution in [0.4, 0.5) is 5.69 Å². The molecule has 0 fully saturated rings. The Hall–Kier alpha value is -0.980. The van der Waals surface area contributed by atoms with E-state index in [-0.39, 0.29) is 5.54 Å². The Morgan fingerprint density at radius 3 is 2.20 bits per heavy atom. The van der Waals surface area contributed by atoms with Crippen molar-refractivity contribution in [3.63, 3.8) is 0 Å². The van der Waals surface area contributed by atoms with Crippen LogP contribution in [0.5, 0.6) is 0 Å². The van der Waals surface area contributed by atoms with Gasteiger partial charge in [0.2, 0.25) is 0 Å². The smallest absolute Gasteiger partial charge is 0.0368 e. The number of anilines is 1. The summed E-state index contributed by atoms with van der Waals surface area (Å²) in [6, 6.07) is 10.6. The normalized spacial score (nSPS) is 14.7. The third kappa shape index (κ3) is 2.74. The van der Waals surface area contributed by atoms with Gasteiger partial charge in [-0.25, -0.2) is 0 Å². The van der Waals surface area contributed by atoms with Crippen molar-refractivity contribution in [3.8, 4) is 0 Å². The fourth-order valence-electron chi connectivity index (χ4n) is 2.08. The first-order chi connectivity index (χ1) is 7.14. The second-order valence-corrected chi connectivity index (χ2v) is 4.50. The Bertz CT molecular complexity index is 281. The molecular weight excluding hydrogens is 182 g/mol. The van der Waals surface area contributed by atoms with Gasteiger partial charge in [-0.2, -0.15) is 0 Å². The van der Waals surface area contributed by atoms with Gasteiger partial charge in [-0.1, -0.05) is 38.5 Å². The zero-order chi connectivity index (χ0) is 11.3. The Morgan fingerprint density at radius 2 is 1.73 bits per heavy atom. The molecule has 1 aromatic rings. The maximum atomic E-state index is 2.41. The van der Waals surface area contributed by atoms with E-state index in [2.05, 4.69) is 63.1 Å². The summed E-state index contributed by atoms with van der Waals surface area (Å²) < 4.78 is 0. The second kappa shape index (κ2) is 5.20. The topological polar surface area (TPSA) is 3.24 Å². The van der Waals surface area contributed by atoms with Gasteiger partial charge < -0.3 is 4.90 Å². The highest BCUT2D eigenvalue weighted by molar-refractivity contribution is 5.47. The molecule has 1 atom stereocenters. The molecular formula is C14H23N. The average Bonchev–Trinajstić information content (AvgIpc) is 2.29. The standard InChI is InChI=1S/C14H23N/c1-5-12-14(3,6-2)15(4)13-10-8-7-9-11-13/h7-11H,5-6,12H2,1-4H3. The molecule has 0 bridgehead atoms. The lowest BCUT2D eigenvalue weighted by atomic mass is 9.91. The van der Waals surface area contributed by atoms with Crippen molar-refractivity contribution in [2.24, 2.45) is 0 Å². The minimum Gasteiger partial charge on any atom is -0.369 e. The van der Waals surface area contributed by atoms with E-state index in [9.17, 15) is 0 Å². The molecule has 0 saturated carbocycles. The van der Waals surface area contributed by atoms with Gasteiger partial charge >= 0.3 is 0 Å². The van der Waals surface area contributed by atoms with Crippen LogP contribution in [0.2, 0.25) is 0 Å². The Labute approximate surface area is 94.1 Å². The summed E-state index contributed by atoms with van der Waals surface area (Å²) in [5.41, 5.74) is 1.60. The van der Waals surface area contributed by atoms with Crippen LogP contribution in [0.15, 0.2) is 30.3 Å². The van der Waals surface area contributed by atoms with E-state index in [1.54, 1.807) is 0 Å². The van der Waals surface area contributed by atoms with Gasteiger partial charge in [-0.3, -0.25) is 0 Å². The van der Waals surface area contributed by atoms with Gasteiger partial charge in [0, 0.05) is 18.3 Å². The van der Waals surface area contributed by atoms with E-state index in [1.807, 2.05) is 0 Å². The number of rotatable bonds is 5. The van der Waals surface area contributed by atoms with Crippen LogP contribution < -0.4 is 4.90 Å². The fourth-order valence-corrected chi connectivity index (χ4v) is 2.08. The molecule has 0 N–H and O–H groups in total. The molecule has 1 rings (SSSR count). The zero-order valence-electron chi connectivity index (χ0n) is 10.5. The molecule has 1 aromatic carbocycles. The number of benzene rings is 1. The number of hydrogen-bond acceptors (Lipinski definition) is 1. The summed E-state index contributed by atoms with van der Waals surface area (Å²) in [6.07, 6.45) is 3.67. The molecule has 0 heterocycles. The van der Waals surface area contributed by atoms with Crippen molar-refractivity contribution in [2.75, 3.05) is 11.9 Å². The number of para-hydroxylation sites is 1. The molecule has 0 aliphatic rings. The first-order valence-corrected chi connectivity index (χ1v) is 5.93. The molecule has 0 aliphatic carbocycles. The molecule has 15 heavy (non-hydrogen) atoms. The van der Waals surface area contributed by atoms with Crippen molar-refractivity contribution >= 4 is 5.69 Å². The fraction of sp³-hybridized carbons (Fsp3) is 0.571. The third-order valence-electron chi connectivity index (χ3n) is 3.50. The first-order valence-electron chi connectivity index (χ1n) is 5.93. The Morgan fingerprint density at radius 1 is 1.13 bits per heavy atom. The summed E-state index contributed by atoms with van der Waals surface area (Å²) in [5.74, 6) is 0. The van der Waals surface area contributed by atoms with Crippen LogP contribution in [0.3, 0.4) is 0 Å². The molecule has 1 heteroatoms. The maximum Gasteiger partial charge on any atom is 0.0368 e. The van der Waals surface area contributed by atoms with E-state index in [4.69, 9.17) is 0 Å². The number of nitrogens with zero attached hydrogens (tertiary/aromatic N) is 1. The third-order valence-corrected chi connectivity index (χ3v) is 3.50. The van der Waals surface area contributed by atoms with Crippen LogP contribution in [-0.2, 0) is 0 Å². The van der Waals surface area contributed by atoms with Gasteiger partial charge in [-0.15, -0.1) is 0 Å². The van der Waals surface area contributed by atoms with Gasteiger partial charge in [0.25, 0.3) is 0 Å². The predicted molar refractivity (Wildman–Crippen MR) is 68.4 cm³/mol. The first kappa shape index (κ1) is 12.1. The minimum absolute atomic E-state index is 0.288. The Balaban J connectivity index is 2.86. The van der Waals surface area contributed by atoms with Gasteiger partial charge in [0.05, 0.1) is 0 Å². The highest BCUT2D eigenvalue weighted by Crippen LogP contribution is 2.28. The predicted octanol–water partition coefficient (Wildman–Crippen LogP) is 4.09. The van der Waals surface area contributed by atoms with Crippen molar-refractivity contribution in [1.29, 1.82) is 0 Å². The Kier molecular flexibility index (Phi) is 4.19. The SMILES string of the molecule is CCCC(C)(CC)N(C)c1ccccc1. The van der Waals surface area contributed by atoms with Crippen LogP contribution in [0.25, 0.3) is 0 Å². The molecule has 0 saturated heterocycles. The van der Waals surface area contributed by atoms with Crippen LogP contribution in [0, 0.1) is 0 Å². The summed E-state index contributed by atoms with van der Waals surface area (Å²) in [5, 5.41) is 0. The summed E-state index contributed by atoms with van der Waals surface area (Å²) >= 11 is 0. The summed E-state index contributed by atoms with van der Waals surface area (Å²) in [4.78, 5) is 2.41. The van der Waals surface area contributed by atoms with E-state index >= 15 is 0 Å². The van der Waals surface area contributed by atoms with Crippen LogP contribution in [0.1, 0.15) is 40.0 Å². The van der Waals surface area contributed by atoms with Crippen molar-refractivity contribution in [2.45, 2.75) is 45.6 Å². The molecule has 0 aliphatic heterocycles. The molecule has 1 unspecified atom stereocenters. The number of hydrogen-bond donors (Lipinski definition) is 0. The van der Waals surface area contributed by atoms with E-state index in [1.165, 1.54) is 24.9 Å². The quantitative estimate of drug-likeness (QED) is 0.699. The minimum atomic E-state index is 0.288. The average molecular weight is 205 g/mol. The second-order valence-electron chi connectivity index (χ2n) is 4.50. The molecule has 0 spiro atoms. The molecule has 1 nitrogen and oxygen atoms in total. The van der Waals surface area contributed by atoms with Crippen LogP contribution >= 0.6 is 0 Å². The monoisotopic (exact) mass is 205 g/mol. The lowest BCUT2D eigenvalue weighted by Crippen LogP contribution is -2.43. The molecule has 0 amide bonds. The maximum absolute atomic E-state index is 2.41. The van der Waals surface area contributed by atoms with E-state index < -0.39 is 0 Å². The lowest BCUT2D eigenvalue weighted by Gasteiger charge is -2.40. The van der Waals surface area contributed by atoms with E-state index in [0.29, 0.717) is 0 Å². The molecule has 0 aromatic heterocycles. The van der Waals surface area contributed by atoms with Gasteiger partial charge in [0.1, 0.15) is 0 Å². The van der Waals surface area contributed by atoms with Crippen molar-refractivity contribution < 1.29 is 0 Å². The highest BCUT2D eigenvalue weighted by Gasteiger charge is 2.26. The molecule has 0 radical (unpaired) electrons. The van der Waals surface area contributed by atoms with Crippen LogP contribution in [-0.4, -0.2) is 12.6 Å². The lowest BCUT2D eigenvalue weighted by molar-refractivity contribution is 0.392. The molecule has 84 valence electrons. The summed E-state index contributed by atoms with van der Waals surface area (Å²) in [7, 11) is 2.20. The summed E-state index contributed by atoms with van der Waals surface area (Å²) in [6.45, 7) is 6.88. The zero-order valence-corrected chi connectivity index (χ0v) is 10.5. The van der Waals surface area contributed by atoms with Crippen molar-refractivity contribution in [1.82, 2.24) is 0 Å². The van der Waals surface area contributed by atoms with Gasteiger partial charge in [0.15, 0.2) is 0 Å².